The SMILES string of the molecule is CC(C)c1nc(-c2ccccc2)cc(-c2ccc(F)cc2)c1CCP(=O)(O)CC(O)CC(=O)O. The van der Waals surface area contributed by atoms with Crippen molar-refractivity contribution in [3.8, 4) is 22.4 Å². The lowest BCUT2D eigenvalue weighted by Crippen LogP contribution is -2.19. The number of aliphatic hydroxyl groups excluding tert-OH is 1. The van der Waals surface area contributed by atoms with Crippen LogP contribution in [0.4, 0.5) is 4.39 Å². The molecule has 0 aliphatic rings. The van der Waals surface area contributed by atoms with E-state index in [2.05, 4.69) is 0 Å². The number of carboxylic acids is 1. The van der Waals surface area contributed by atoms with Gasteiger partial charge in [-0.2, -0.15) is 0 Å². The maximum Gasteiger partial charge on any atom is 0.305 e. The summed E-state index contributed by atoms with van der Waals surface area (Å²) in [5.74, 6) is -1.58. The molecular formula is C26H29FNO5P. The molecule has 3 N–H and O–H groups in total. The molecule has 0 radical (unpaired) electrons. The van der Waals surface area contributed by atoms with Gasteiger partial charge in [0.1, 0.15) is 5.82 Å². The van der Waals surface area contributed by atoms with Gasteiger partial charge in [0.2, 0.25) is 7.37 Å². The molecule has 1 heterocycles. The molecule has 3 aromatic rings. The van der Waals surface area contributed by atoms with Crippen LogP contribution in [0.3, 0.4) is 0 Å². The van der Waals surface area contributed by atoms with Gasteiger partial charge in [0.25, 0.3) is 0 Å². The number of hydrogen-bond acceptors (Lipinski definition) is 4. The van der Waals surface area contributed by atoms with Crippen LogP contribution in [0.25, 0.3) is 22.4 Å². The van der Waals surface area contributed by atoms with Crippen molar-refractivity contribution < 1.29 is 28.9 Å². The van der Waals surface area contributed by atoms with Crippen LogP contribution in [0.5, 0.6) is 0 Å². The summed E-state index contributed by atoms with van der Waals surface area (Å²) in [6.45, 7) is 3.98. The molecule has 0 saturated heterocycles. The largest absolute Gasteiger partial charge is 0.481 e. The van der Waals surface area contributed by atoms with Gasteiger partial charge >= 0.3 is 5.97 Å². The zero-order chi connectivity index (χ0) is 24.9. The highest BCUT2D eigenvalue weighted by atomic mass is 31.2. The number of aromatic nitrogens is 1. The smallest absolute Gasteiger partial charge is 0.305 e. The second-order valence-electron chi connectivity index (χ2n) is 8.70. The van der Waals surface area contributed by atoms with Crippen LogP contribution in [-0.4, -0.2) is 44.5 Å². The molecule has 180 valence electrons. The number of nitrogens with zero attached hydrogens (tertiary/aromatic N) is 1. The molecule has 2 atom stereocenters. The molecule has 0 aliphatic heterocycles. The molecule has 0 amide bonds. The molecule has 6 nitrogen and oxygen atoms in total. The third-order valence-corrected chi connectivity index (χ3v) is 7.46. The van der Waals surface area contributed by atoms with Crippen molar-refractivity contribution in [3.05, 3.63) is 77.7 Å². The fraction of sp³-hybridized carbons (Fsp3) is 0.308. The summed E-state index contributed by atoms with van der Waals surface area (Å²) in [7, 11) is -3.81. The van der Waals surface area contributed by atoms with Crippen molar-refractivity contribution in [2.75, 3.05) is 12.3 Å². The van der Waals surface area contributed by atoms with E-state index in [1.54, 1.807) is 12.1 Å². The van der Waals surface area contributed by atoms with Crippen LogP contribution < -0.4 is 0 Å². The third-order valence-electron chi connectivity index (χ3n) is 5.55. The first-order chi connectivity index (χ1) is 16.1. The van der Waals surface area contributed by atoms with Gasteiger partial charge in [-0.3, -0.25) is 14.3 Å². The number of rotatable bonds is 10. The number of aliphatic carboxylic acids is 1. The van der Waals surface area contributed by atoms with E-state index in [1.807, 2.05) is 50.2 Å². The quantitative estimate of drug-likeness (QED) is 0.335. The Hall–Kier alpha value is -2.86. The average molecular weight is 485 g/mol. The minimum atomic E-state index is -3.81. The summed E-state index contributed by atoms with van der Waals surface area (Å²) in [6, 6.07) is 17.6. The first-order valence-corrected chi connectivity index (χ1v) is 13.1. The van der Waals surface area contributed by atoms with E-state index in [1.165, 1.54) is 12.1 Å². The Balaban J connectivity index is 2.04. The number of benzene rings is 2. The molecule has 0 aliphatic carbocycles. The molecule has 2 aromatic carbocycles. The van der Waals surface area contributed by atoms with Crippen LogP contribution in [0.15, 0.2) is 60.7 Å². The number of carboxylic acid groups (broad SMARTS) is 1. The summed E-state index contributed by atoms with van der Waals surface area (Å²) < 4.78 is 26.4. The maximum absolute atomic E-state index is 13.6. The maximum atomic E-state index is 13.6. The Labute approximate surface area is 198 Å². The second-order valence-corrected chi connectivity index (χ2v) is 11.2. The predicted molar refractivity (Wildman–Crippen MR) is 131 cm³/mol. The lowest BCUT2D eigenvalue weighted by molar-refractivity contribution is -0.138. The van der Waals surface area contributed by atoms with E-state index in [9.17, 15) is 23.7 Å². The number of hydrogen-bond donors (Lipinski definition) is 3. The van der Waals surface area contributed by atoms with Crippen molar-refractivity contribution in [2.24, 2.45) is 0 Å². The highest BCUT2D eigenvalue weighted by molar-refractivity contribution is 7.58. The normalized spacial score (nSPS) is 14.1. The van der Waals surface area contributed by atoms with E-state index < -0.39 is 32.0 Å². The van der Waals surface area contributed by atoms with E-state index in [-0.39, 0.29) is 24.3 Å². The highest BCUT2D eigenvalue weighted by Crippen LogP contribution is 2.44. The van der Waals surface area contributed by atoms with Crippen LogP contribution >= 0.6 is 7.37 Å². The van der Waals surface area contributed by atoms with Gasteiger partial charge in [0.15, 0.2) is 0 Å². The van der Waals surface area contributed by atoms with Crippen LogP contribution in [0.2, 0.25) is 0 Å². The minimum absolute atomic E-state index is 0.00791. The molecule has 0 saturated carbocycles. The second kappa shape index (κ2) is 11.0. The van der Waals surface area contributed by atoms with Gasteiger partial charge in [-0.05, 0) is 47.2 Å². The number of halogens is 1. The van der Waals surface area contributed by atoms with Crippen LogP contribution in [0, 0.1) is 5.82 Å². The number of pyridine rings is 1. The Morgan fingerprint density at radius 3 is 2.29 bits per heavy atom. The van der Waals surface area contributed by atoms with Crippen molar-refractivity contribution in [1.29, 1.82) is 0 Å². The number of aliphatic hydroxyl groups is 1. The topological polar surface area (TPSA) is 108 Å². The molecule has 34 heavy (non-hydrogen) atoms. The fourth-order valence-electron chi connectivity index (χ4n) is 3.95. The average Bonchev–Trinajstić information content (AvgIpc) is 2.77. The number of carbonyl (C=O) groups is 1. The Kier molecular flexibility index (Phi) is 8.37. The van der Waals surface area contributed by atoms with Gasteiger partial charge in [-0.15, -0.1) is 0 Å². The first kappa shape index (κ1) is 25.8. The lowest BCUT2D eigenvalue weighted by atomic mass is 9.91. The summed E-state index contributed by atoms with van der Waals surface area (Å²) >= 11 is 0. The van der Waals surface area contributed by atoms with Gasteiger partial charge in [-0.25, -0.2) is 4.39 Å². The van der Waals surface area contributed by atoms with Crippen molar-refractivity contribution >= 4 is 13.3 Å². The monoisotopic (exact) mass is 485 g/mol. The standard InChI is InChI=1S/C26H29FNO5P/c1-17(2)26-22(12-13-34(32,33)16-21(29)14-25(30)31)23(18-8-10-20(27)11-9-18)15-24(28-26)19-6-4-3-5-7-19/h3-11,15,17,21,29H,12-14,16H2,1-2H3,(H,30,31)(H,32,33). The minimum Gasteiger partial charge on any atom is -0.481 e. The van der Waals surface area contributed by atoms with Crippen LogP contribution in [-0.2, 0) is 15.8 Å². The zero-order valence-corrected chi connectivity index (χ0v) is 20.1. The van der Waals surface area contributed by atoms with E-state index in [4.69, 9.17) is 10.1 Å². The van der Waals surface area contributed by atoms with E-state index >= 15 is 0 Å². The third kappa shape index (κ3) is 6.83. The molecule has 8 heteroatoms. The molecule has 3 rings (SSSR count). The Bertz CT molecular complexity index is 1180. The van der Waals surface area contributed by atoms with Gasteiger partial charge in [0, 0.05) is 17.4 Å². The Morgan fingerprint density at radius 1 is 1.06 bits per heavy atom. The molecular weight excluding hydrogens is 456 g/mol. The molecule has 0 fully saturated rings. The predicted octanol–water partition coefficient (Wildman–Crippen LogP) is 5.33. The first-order valence-electron chi connectivity index (χ1n) is 11.1. The zero-order valence-electron chi connectivity index (χ0n) is 19.2. The van der Waals surface area contributed by atoms with Gasteiger partial charge in [-0.1, -0.05) is 56.3 Å². The molecule has 0 spiro atoms. The summed E-state index contributed by atoms with van der Waals surface area (Å²) in [5.41, 5.74) is 4.77. The summed E-state index contributed by atoms with van der Waals surface area (Å²) in [4.78, 5) is 26.1. The summed E-state index contributed by atoms with van der Waals surface area (Å²) in [6.07, 6.45) is -2.40. The van der Waals surface area contributed by atoms with Gasteiger partial charge < -0.3 is 15.1 Å². The molecule has 0 bridgehead atoms. The molecule has 1 aromatic heterocycles. The van der Waals surface area contributed by atoms with Crippen LogP contribution in [0.1, 0.15) is 37.4 Å². The Morgan fingerprint density at radius 2 is 1.71 bits per heavy atom. The van der Waals surface area contributed by atoms with E-state index in [0.717, 1.165) is 33.6 Å². The highest BCUT2D eigenvalue weighted by Gasteiger charge is 2.26. The van der Waals surface area contributed by atoms with Gasteiger partial charge in [0.05, 0.1) is 24.4 Å². The van der Waals surface area contributed by atoms with Crippen molar-refractivity contribution in [2.45, 2.75) is 38.7 Å². The van der Waals surface area contributed by atoms with Crippen molar-refractivity contribution in [3.63, 3.8) is 0 Å². The molecule has 2 unspecified atom stereocenters. The summed E-state index contributed by atoms with van der Waals surface area (Å²) in [5, 5.41) is 18.7. The van der Waals surface area contributed by atoms with E-state index in [0.29, 0.717) is 0 Å². The fourth-order valence-corrected chi connectivity index (χ4v) is 5.49. The lowest BCUT2D eigenvalue weighted by Gasteiger charge is -2.21. The van der Waals surface area contributed by atoms with Crippen molar-refractivity contribution in [1.82, 2.24) is 4.98 Å².